The van der Waals surface area contributed by atoms with Crippen molar-refractivity contribution in [3.05, 3.63) is 59.9 Å². The molecule has 0 bridgehead atoms. The molecule has 3 aromatic rings. The van der Waals surface area contributed by atoms with Crippen LogP contribution in [-0.2, 0) is 11.3 Å². The van der Waals surface area contributed by atoms with Gasteiger partial charge < -0.3 is 18.9 Å². The zero-order valence-corrected chi connectivity index (χ0v) is 15.8. The van der Waals surface area contributed by atoms with Crippen LogP contribution in [0, 0.1) is 0 Å². The number of carbonyl (C=O) groups excluding carboxylic acids is 1. The van der Waals surface area contributed by atoms with E-state index in [1.807, 2.05) is 53.4 Å². The maximum atomic E-state index is 12.5. The van der Waals surface area contributed by atoms with E-state index in [2.05, 4.69) is 10.1 Å². The number of para-hydroxylation sites is 1. The van der Waals surface area contributed by atoms with Gasteiger partial charge >= 0.3 is 0 Å². The molecule has 1 aromatic heterocycles. The number of nitrogens with zero attached hydrogens (tertiary/aromatic N) is 3. The number of methoxy groups -OCH3 is 2. The van der Waals surface area contributed by atoms with E-state index in [9.17, 15) is 4.79 Å². The predicted molar refractivity (Wildman–Crippen MR) is 102 cm³/mol. The van der Waals surface area contributed by atoms with Crippen molar-refractivity contribution in [3.63, 3.8) is 0 Å². The van der Waals surface area contributed by atoms with Crippen LogP contribution in [0.1, 0.15) is 23.7 Å². The lowest BCUT2D eigenvalue weighted by atomic mass is 10.1. The SMILES string of the molecule is COc1cccc(-c2nc(C3CC(=O)N(Cc4ccccc4OC)C3)no2)c1. The number of benzene rings is 2. The Balaban J connectivity index is 1.49. The monoisotopic (exact) mass is 379 g/mol. The van der Waals surface area contributed by atoms with Gasteiger partial charge in [-0.1, -0.05) is 29.4 Å². The fraction of sp³-hybridized carbons (Fsp3) is 0.286. The summed E-state index contributed by atoms with van der Waals surface area (Å²) >= 11 is 0. The van der Waals surface area contributed by atoms with Gasteiger partial charge in [-0.05, 0) is 24.3 Å². The summed E-state index contributed by atoms with van der Waals surface area (Å²) in [4.78, 5) is 18.8. The Morgan fingerprint density at radius 3 is 2.82 bits per heavy atom. The molecular weight excluding hydrogens is 358 g/mol. The Labute approximate surface area is 162 Å². The van der Waals surface area contributed by atoms with Crippen LogP contribution in [0.25, 0.3) is 11.5 Å². The number of amides is 1. The second kappa shape index (κ2) is 7.72. The zero-order valence-electron chi connectivity index (χ0n) is 15.8. The van der Waals surface area contributed by atoms with Gasteiger partial charge in [0.2, 0.25) is 5.91 Å². The van der Waals surface area contributed by atoms with Crippen LogP contribution in [0.2, 0.25) is 0 Å². The van der Waals surface area contributed by atoms with Crippen molar-refractivity contribution < 1.29 is 18.8 Å². The predicted octanol–water partition coefficient (Wildman–Crippen LogP) is 3.27. The molecule has 1 fully saturated rings. The number of ether oxygens (including phenoxy) is 2. The van der Waals surface area contributed by atoms with Crippen molar-refractivity contribution in [3.8, 4) is 23.0 Å². The van der Waals surface area contributed by atoms with E-state index in [-0.39, 0.29) is 11.8 Å². The van der Waals surface area contributed by atoms with Crippen molar-refractivity contribution in [1.29, 1.82) is 0 Å². The summed E-state index contributed by atoms with van der Waals surface area (Å²) in [7, 11) is 3.24. The lowest BCUT2D eigenvalue weighted by Gasteiger charge is -2.17. The molecule has 144 valence electrons. The van der Waals surface area contributed by atoms with Crippen LogP contribution in [0.5, 0.6) is 11.5 Å². The molecule has 1 amide bonds. The average molecular weight is 379 g/mol. The first-order valence-electron chi connectivity index (χ1n) is 9.05. The molecular formula is C21H21N3O4. The highest BCUT2D eigenvalue weighted by molar-refractivity contribution is 5.79. The zero-order chi connectivity index (χ0) is 19.5. The summed E-state index contributed by atoms with van der Waals surface area (Å²) in [5, 5.41) is 4.11. The minimum atomic E-state index is -0.0923. The van der Waals surface area contributed by atoms with Gasteiger partial charge in [-0.25, -0.2) is 0 Å². The lowest BCUT2D eigenvalue weighted by molar-refractivity contribution is -0.128. The summed E-state index contributed by atoms with van der Waals surface area (Å²) in [6, 6.07) is 15.2. The first-order chi connectivity index (χ1) is 13.7. The summed E-state index contributed by atoms with van der Waals surface area (Å²) < 4.78 is 16.0. The molecule has 0 N–H and O–H groups in total. The first kappa shape index (κ1) is 18.0. The van der Waals surface area contributed by atoms with E-state index in [4.69, 9.17) is 14.0 Å². The number of likely N-dealkylation sites (tertiary alicyclic amines) is 1. The van der Waals surface area contributed by atoms with E-state index in [1.165, 1.54) is 0 Å². The van der Waals surface area contributed by atoms with Gasteiger partial charge in [0.25, 0.3) is 5.89 Å². The van der Waals surface area contributed by atoms with Gasteiger partial charge in [-0.3, -0.25) is 4.79 Å². The molecule has 1 saturated heterocycles. The molecule has 1 unspecified atom stereocenters. The number of rotatable bonds is 6. The van der Waals surface area contributed by atoms with Crippen molar-refractivity contribution in [2.75, 3.05) is 20.8 Å². The van der Waals surface area contributed by atoms with Crippen LogP contribution < -0.4 is 9.47 Å². The molecule has 1 aliphatic rings. The maximum absolute atomic E-state index is 12.5. The molecule has 1 aliphatic heterocycles. The van der Waals surface area contributed by atoms with E-state index in [0.717, 1.165) is 22.6 Å². The van der Waals surface area contributed by atoms with Gasteiger partial charge in [-0.15, -0.1) is 0 Å². The van der Waals surface area contributed by atoms with Crippen LogP contribution >= 0.6 is 0 Å². The van der Waals surface area contributed by atoms with Gasteiger partial charge in [0.1, 0.15) is 11.5 Å². The molecule has 1 atom stereocenters. The maximum Gasteiger partial charge on any atom is 0.258 e. The Bertz CT molecular complexity index is 985. The molecule has 2 heterocycles. The molecule has 28 heavy (non-hydrogen) atoms. The van der Waals surface area contributed by atoms with Crippen LogP contribution in [0.3, 0.4) is 0 Å². The molecule has 0 saturated carbocycles. The molecule has 0 aliphatic carbocycles. The lowest BCUT2D eigenvalue weighted by Crippen LogP contribution is -2.24. The number of hydrogen-bond donors (Lipinski definition) is 0. The van der Waals surface area contributed by atoms with Gasteiger partial charge in [0.15, 0.2) is 5.82 Å². The Morgan fingerprint density at radius 1 is 1.14 bits per heavy atom. The minimum Gasteiger partial charge on any atom is -0.497 e. The van der Waals surface area contributed by atoms with E-state index < -0.39 is 0 Å². The topological polar surface area (TPSA) is 77.7 Å². The number of hydrogen-bond acceptors (Lipinski definition) is 6. The van der Waals surface area contributed by atoms with Gasteiger partial charge in [0.05, 0.1) is 14.2 Å². The minimum absolute atomic E-state index is 0.0728. The molecule has 7 nitrogen and oxygen atoms in total. The second-order valence-electron chi connectivity index (χ2n) is 6.68. The van der Waals surface area contributed by atoms with Gasteiger partial charge in [0, 0.05) is 36.6 Å². The Morgan fingerprint density at radius 2 is 2.00 bits per heavy atom. The van der Waals surface area contributed by atoms with Crippen LogP contribution in [0.4, 0.5) is 0 Å². The van der Waals surface area contributed by atoms with Crippen LogP contribution in [0.15, 0.2) is 53.1 Å². The molecule has 2 aromatic carbocycles. The fourth-order valence-corrected chi connectivity index (χ4v) is 3.41. The molecule has 0 spiro atoms. The first-order valence-corrected chi connectivity index (χ1v) is 9.05. The van der Waals surface area contributed by atoms with Gasteiger partial charge in [-0.2, -0.15) is 4.98 Å². The van der Waals surface area contributed by atoms with Crippen LogP contribution in [-0.4, -0.2) is 41.7 Å². The summed E-state index contributed by atoms with van der Waals surface area (Å²) in [6.07, 6.45) is 0.367. The third-order valence-corrected chi connectivity index (χ3v) is 4.89. The smallest absolute Gasteiger partial charge is 0.258 e. The third-order valence-electron chi connectivity index (χ3n) is 4.89. The fourth-order valence-electron chi connectivity index (χ4n) is 3.41. The Hall–Kier alpha value is -3.35. The third kappa shape index (κ3) is 3.55. The standard InChI is InChI=1S/C21H21N3O4/c1-26-17-8-5-7-14(10-17)21-22-20(23-28-21)16-11-19(25)24(13-16)12-15-6-3-4-9-18(15)27-2/h3-10,16H,11-13H2,1-2H3. The summed E-state index contributed by atoms with van der Waals surface area (Å²) in [5.41, 5.74) is 1.76. The Kier molecular flexibility index (Phi) is 4.97. The van der Waals surface area contributed by atoms with Crippen molar-refractivity contribution in [2.45, 2.75) is 18.9 Å². The quantitative estimate of drug-likeness (QED) is 0.654. The summed E-state index contributed by atoms with van der Waals surface area (Å²) in [5.74, 6) is 2.45. The van der Waals surface area contributed by atoms with E-state index >= 15 is 0 Å². The van der Waals surface area contributed by atoms with Crippen molar-refractivity contribution in [2.24, 2.45) is 0 Å². The highest BCUT2D eigenvalue weighted by Gasteiger charge is 2.34. The largest absolute Gasteiger partial charge is 0.497 e. The summed E-state index contributed by atoms with van der Waals surface area (Å²) in [6.45, 7) is 1.05. The second-order valence-corrected chi connectivity index (χ2v) is 6.68. The molecule has 7 heteroatoms. The average Bonchev–Trinajstić information content (AvgIpc) is 3.36. The van der Waals surface area contributed by atoms with Crippen molar-refractivity contribution >= 4 is 5.91 Å². The number of aromatic nitrogens is 2. The number of carbonyl (C=O) groups is 1. The molecule has 0 radical (unpaired) electrons. The van der Waals surface area contributed by atoms with E-state index in [1.54, 1.807) is 14.2 Å². The molecule has 4 rings (SSSR count). The van der Waals surface area contributed by atoms with E-state index in [0.29, 0.717) is 31.2 Å². The van der Waals surface area contributed by atoms with Crippen molar-refractivity contribution in [1.82, 2.24) is 15.0 Å². The highest BCUT2D eigenvalue weighted by Crippen LogP contribution is 2.31. The highest BCUT2D eigenvalue weighted by atomic mass is 16.5. The normalized spacial score (nSPS) is 16.4.